The summed E-state index contributed by atoms with van der Waals surface area (Å²) < 4.78 is 0. The van der Waals surface area contributed by atoms with E-state index in [0.29, 0.717) is 11.0 Å². The highest BCUT2D eigenvalue weighted by Crippen LogP contribution is 2.26. The average Bonchev–Trinajstić information content (AvgIpc) is 1.83. The summed E-state index contributed by atoms with van der Waals surface area (Å²) >= 11 is 5.96. The highest BCUT2D eigenvalue weighted by atomic mass is 35.5. The van der Waals surface area contributed by atoms with Crippen LogP contribution in [0.1, 0.15) is 32.2 Å². The first kappa shape index (κ1) is 9.46. The molecule has 0 bridgehead atoms. The lowest BCUT2D eigenvalue weighted by Crippen LogP contribution is -2.13. The van der Waals surface area contributed by atoms with Crippen LogP contribution in [0.4, 0.5) is 0 Å². The van der Waals surface area contributed by atoms with Gasteiger partial charge in [0, 0.05) is 11.8 Å². The Morgan fingerprint density at radius 2 is 1.92 bits per heavy atom. The van der Waals surface area contributed by atoms with Gasteiger partial charge in [0.1, 0.15) is 11.0 Å². The van der Waals surface area contributed by atoms with E-state index in [4.69, 9.17) is 11.6 Å². The van der Waals surface area contributed by atoms with Gasteiger partial charge in [0.2, 0.25) is 0 Å². The van der Waals surface area contributed by atoms with Gasteiger partial charge < -0.3 is 0 Å². The van der Waals surface area contributed by atoms with E-state index in [1.165, 1.54) is 0 Å². The van der Waals surface area contributed by atoms with Crippen LogP contribution in [-0.4, -0.2) is 9.97 Å². The minimum atomic E-state index is 0.0186. The number of rotatable bonds is 0. The molecule has 1 aromatic rings. The lowest BCUT2D eigenvalue weighted by Gasteiger charge is -2.19. The zero-order valence-corrected chi connectivity index (χ0v) is 8.61. The van der Waals surface area contributed by atoms with Crippen LogP contribution in [0.2, 0.25) is 5.15 Å². The Labute approximate surface area is 78.0 Å². The number of halogens is 1. The average molecular weight is 185 g/mol. The molecular weight excluding hydrogens is 172 g/mol. The maximum absolute atomic E-state index is 5.96. The molecular formula is C9H13ClN2. The summed E-state index contributed by atoms with van der Waals surface area (Å²) in [7, 11) is 0. The van der Waals surface area contributed by atoms with Crippen LogP contribution in [0, 0.1) is 6.92 Å². The van der Waals surface area contributed by atoms with Crippen LogP contribution in [0.15, 0.2) is 6.20 Å². The second-order valence-corrected chi connectivity index (χ2v) is 4.23. The Morgan fingerprint density at radius 3 is 2.33 bits per heavy atom. The van der Waals surface area contributed by atoms with E-state index in [9.17, 15) is 0 Å². The molecule has 0 fully saturated rings. The molecule has 0 aliphatic carbocycles. The molecule has 1 heterocycles. The van der Waals surface area contributed by atoms with Crippen molar-refractivity contribution in [3.05, 3.63) is 22.7 Å². The third-order valence-corrected chi connectivity index (χ3v) is 1.96. The van der Waals surface area contributed by atoms with E-state index in [0.717, 1.165) is 5.56 Å². The van der Waals surface area contributed by atoms with Crippen LogP contribution in [0.3, 0.4) is 0 Å². The Balaban J connectivity index is 3.19. The molecule has 0 amide bonds. The maximum Gasteiger partial charge on any atom is 0.136 e. The quantitative estimate of drug-likeness (QED) is 0.580. The van der Waals surface area contributed by atoms with Crippen LogP contribution in [0.25, 0.3) is 0 Å². The van der Waals surface area contributed by atoms with Gasteiger partial charge in [-0.05, 0) is 12.3 Å². The van der Waals surface area contributed by atoms with Crippen molar-refractivity contribution < 1.29 is 0 Å². The van der Waals surface area contributed by atoms with Gasteiger partial charge in [0.25, 0.3) is 0 Å². The number of nitrogens with zero attached hydrogens (tertiary/aromatic N) is 2. The molecule has 0 aliphatic rings. The van der Waals surface area contributed by atoms with Gasteiger partial charge in [-0.1, -0.05) is 32.4 Å². The first-order chi connectivity index (χ1) is 5.41. The first-order valence-electron chi connectivity index (χ1n) is 3.91. The molecule has 0 atom stereocenters. The minimum absolute atomic E-state index is 0.0186. The summed E-state index contributed by atoms with van der Waals surface area (Å²) in [6, 6.07) is 0. The molecule has 0 aliphatic heterocycles. The molecule has 0 radical (unpaired) electrons. The normalized spacial score (nSPS) is 11.8. The second-order valence-electron chi connectivity index (χ2n) is 3.87. The van der Waals surface area contributed by atoms with Gasteiger partial charge in [0.15, 0.2) is 0 Å². The second kappa shape index (κ2) is 3.02. The highest BCUT2D eigenvalue weighted by molar-refractivity contribution is 6.30. The lowest BCUT2D eigenvalue weighted by atomic mass is 9.89. The summed E-state index contributed by atoms with van der Waals surface area (Å²) in [4.78, 5) is 8.21. The molecule has 0 N–H and O–H groups in total. The predicted molar refractivity (Wildman–Crippen MR) is 50.5 cm³/mol. The molecule has 66 valence electrons. The molecule has 3 heteroatoms. The molecule has 1 aromatic heterocycles. The molecule has 0 saturated carbocycles. The van der Waals surface area contributed by atoms with Gasteiger partial charge in [-0.2, -0.15) is 0 Å². The fourth-order valence-corrected chi connectivity index (χ4v) is 1.40. The molecule has 0 spiro atoms. The van der Waals surface area contributed by atoms with Crippen LogP contribution >= 0.6 is 11.6 Å². The topological polar surface area (TPSA) is 25.8 Å². The number of aryl methyl sites for hydroxylation is 1. The SMILES string of the molecule is Cc1ncc(C(C)(C)C)c(Cl)n1. The smallest absolute Gasteiger partial charge is 0.136 e. The Kier molecular flexibility index (Phi) is 2.38. The number of aromatic nitrogens is 2. The molecule has 0 unspecified atom stereocenters. The summed E-state index contributed by atoms with van der Waals surface area (Å²) in [5.41, 5.74) is 1.01. The van der Waals surface area contributed by atoms with E-state index in [1.54, 1.807) is 6.20 Å². The fourth-order valence-electron chi connectivity index (χ4n) is 0.945. The van der Waals surface area contributed by atoms with Crippen molar-refractivity contribution in [3.63, 3.8) is 0 Å². The third kappa shape index (κ3) is 1.95. The summed E-state index contributed by atoms with van der Waals surface area (Å²) in [5, 5.41) is 0.565. The lowest BCUT2D eigenvalue weighted by molar-refractivity contribution is 0.583. The Bertz CT molecular complexity index is 289. The summed E-state index contributed by atoms with van der Waals surface area (Å²) in [6.45, 7) is 8.10. The van der Waals surface area contributed by atoms with Crippen molar-refractivity contribution in [2.75, 3.05) is 0 Å². The predicted octanol–water partition coefficient (Wildman–Crippen LogP) is 2.74. The van der Waals surface area contributed by atoms with E-state index >= 15 is 0 Å². The monoisotopic (exact) mass is 184 g/mol. The van der Waals surface area contributed by atoms with E-state index in [-0.39, 0.29) is 5.41 Å². The van der Waals surface area contributed by atoms with Gasteiger partial charge in [0.05, 0.1) is 0 Å². The van der Waals surface area contributed by atoms with Crippen molar-refractivity contribution in [2.45, 2.75) is 33.1 Å². The zero-order chi connectivity index (χ0) is 9.35. The molecule has 0 aromatic carbocycles. The van der Waals surface area contributed by atoms with Gasteiger partial charge in [-0.15, -0.1) is 0 Å². The molecule has 1 rings (SSSR count). The molecule has 0 saturated heterocycles. The van der Waals surface area contributed by atoms with E-state index < -0.39 is 0 Å². The van der Waals surface area contributed by atoms with Crippen LogP contribution < -0.4 is 0 Å². The Morgan fingerprint density at radius 1 is 1.33 bits per heavy atom. The summed E-state index contributed by atoms with van der Waals surface area (Å²) in [5.74, 6) is 0.716. The van der Waals surface area contributed by atoms with Gasteiger partial charge in [-0.3, -0.25) is 0 Å². The highest BCUT2D eigenvalue weighted by Gasteiger charge is 2.18. The van der Waals surface area contributed by atoms with E-state index in [2.05, 4.69) is 30.7 Å². The number of hydrogen-bond acceptors (Lipinski definition) is 2. The van der Waals surface area contributed by atoms with Crippen LogP contribution in [-0.2, 0) is 5.41 Å². The zero-order valence-electron chi connectivity index (χ0n) is 7.85. The standard InChI is InChI=1S/C9H13ClN2/c1-6-11-5-7(8(10)12-6)9(2,3)4/h5H,1-4H3. The first-order valence-corrected chi connectivity index (χ1v) is 4.28. The third-order valence-electron chi connectivity index (χ3n) is 1.67. The number of hydrogen-bond donors (Lipinski definition) is 0. The molecule has 2 nitrogen and oxygen atoms in total. The van der Waals surface area contributed by atoms with E-state index in [1.807, 2.05) is 6.92 Å². The largest absolute Gasteiger partial charge is 0.241 e. The van der Waals surface area contributed by atoms with Crippen molar-refractivity contribution in [3.8, 4) is 0 Å². The minimum Gasteiger partial charge on any atom is -0.241 e. The van der Waals surface area contributed by atoms with Crippen molar-refractivity contribution in [1.29, 1.82) is 0 Å². The van der Waals surface area contributed by atoms with Gasteiger partial charge in [-0.25, -0.2) is 9.97 Å². The van der Waals surface area contributed by atoms with Crippen molar-refractivity contribution >= 4 is 11.6 Å². The van der Waals surface area contributed by atoms with Crippen molar-refractivity contribution in [1.82, 2.24) is 9.97 Å². The maximum atomic E-state index is 5.96. The summed E-state index contributed by atoms with van der Waals surface area (Å²) in [6.07, 6.45) is 1.80. The Hall–Kier alpha value is -0.630. The van der Waals surface area contributed by atoms with Crippen molar-refractivity contribution in [2.24, 2.45) is 0 Å². The van der Waals surface area contributed by atoms with Gasteiger partial charge >= 0.3 is 0 Å². The van der Waals surface area contributed by atoms with Crippen LogP contribution in [0.5, 0.6) is 0 Å². The molecule has 12 heavy (non-hydrogen) atoms. The fraction of sp³-hybridized carbons (Fsp3) is 0.556.